The lowest BCUT2D eigenvalue weighted by Gasteiger charge is -2.09. The summed E-state index contributed by atoms with van der Waals surface area (Å²) in [7, 11) is 0. The Morgan fingerprint density at radius 1 is 0.950 bits per heavy atom. The highest BCUT2D eigenvalue weighted by Gasteiger charge is 2.01. The van der Waals surface area contributed by atoms with Gasteiger partial charge in [-0.3, -0.25) is 0 Å². The van der Waals surface area contributed by atoms with Gasteiger partial charge in [0.25, 0.3) is 0 Å². The lowest BCUT2D eigenvalue weighted by Crippen LogP contribution is -2.00. The summed E-state index contributed by atoms with van der Waals surface area (Å²) < 4.78 is 5.78. The lowest BCUT2D eigenvalue weighted by molar-refractivity contribution is 0.302. The molecule has 0 aliphatic rings. The van der Waals surface area contributed by atoms with Crippen LogP contribution in [0, 0.1) is 11.3 Å². The number of nitriles is 1. The Hall–Kier alpha value is -1.49. The standard InChI is InChI=1S/C18H27NO/c1-2-3-4-5-6-7-8-11-16-20-18-13-10-9-12-17(18)14-15-19/h9-10,12-13H,2-8,11,14,16H2,1H3. The van der Waals surface area contributed by atoms with E-state index in [-0.39, 0.29) is 0 Å². The van der Waals surface area contributed by atoms with Crippen molar-refractivity contribution in [1.82, 2.24) is 0 Å². The SMILES string of the molecule is CCCCCCCCCCOc1ccccc1CC#N. The smallest absolute Gasteiger partial charge is 0.123 e. The topological polar surface area (TPSA) is 33.0 Å². The minimum atomic E-state index is 0.424. The van der Waals surface area contributed by atoms with Gasteiger partial charge in [-0.15, -0.1) is 0 Å². The zero-order chi connectivity index (χ0) is 14.5. The van der Waals surface area contributed by atoms with Gasteiger partial charge in [-0.25, -0.2) is 0 Å². The Bertz CT molecular complexity index is 395. The zero-order valence-corrected chi connectivity index (χ0v) is 12.7. The third-order valence-electron chi connectivity index (χ3n) is 3.50. The first-order chi connectivity index (χ1) is 9.88. The minimum absolute atomic E-state index is 0.424. The molecule has 1 aromatic rings. The average Bonchev–Trinajstić information content (AvgIpc) is 2.47. The monoisotopic (exact) mass is 273 g/mol. The van der Waals surface area contributed by atoms with E-state index in [1.165, 1.54) is 44.9 Å². The van der Waals surface area contributed by atoms with Gasteiger partial charge >= 0.3 is 0 Å². The molecule has 0 saturated heterocycles. The predicted octanol–water partition coefficient (Wildman–Crippen LogP) is 5.27. The molecule has 0 heterocycles. The van der Waals surface area contributed by atoms with Gasteiger partial charge in [0.1, 0.15) is 5.75 Å². The summed E-state index contributed by atoms with van der Waals surface area (Å²) in [5, 5.41) is 8.77. The number of benzene rings is 1. The lowest BCUT2D eigenvalue weighted by atomic mass is 10.1. The van der Waals surface area contributed by atoms with Crippen LogP contribution in [0.1, 0.15) is 63.9 Å². The van der Waals surface area contributed by atoms with E-state index in [0.717, 1.165) is 24.3 Å². The van der Waals surface area contributed by atoms with Crippen LogP contribution in [0.15, 0.2) is 24.3 Å². The molecule has 0 aliphatic carbocycles. The second-order valence-electron chi connectivity index (χ2n) is 5.27. The molecule has 0 unspecified atom stereocenters. The van der Waals surface area contributed by atoms with Crippen molar-refractivity contribution < 1.29 is 4.74 Å². The Labute approximate surface area is 123 Å². The van der Waals surface area contributed by atoms with Crippen molar-refractivity contribution in [2.24, 2.45) is 0 Å². The van der Waals surface area contributed by atoms with Gasteiger partial charge in [0.15, 0.2) is 0 Å². The summed E-state index contributed by atoms with van der Waals surface area (Å²) in [4.78, 5) is 0. The number of nitrogens with zero attached hydrogens (tertiary/aromatic N) is 1. The third-order valence-corrected chi connectivity index (χ3v) is 3.50. The minimum Gasteiger partial charge on any atom is -0.493 e. The maximum Gasteiger partial charge on any atom is 0.123 e. The van der Waals surface area contributed by atoms with E-state index in [1.54, 1.807) is 0 Å². The molecular formula is C18H27NO. The van der Waals surface area contributed by atoms with Gasteiger partial charge < -0.3 is 4.74 Å². The van der Waals surface area contributed by atoms with Crippen LogP contribution in [0.2, 0.25) is 0 Å². The molecule has 0 radical (unpaired) electrons. The predicted molar refractivity (Wildman–Crippen MR) is 83.9 cm³/mol. The molecule has 2 heteroatoms. The van der Waals surface area contributed by atoms with Crippen molar-refractivity contribution in [3.63, 3.8) is 0 Å². The molecule has 0 amide bonds. The summed E-state index contributed by atoms with van der Waals surface area (Å²) in [5.41, 5.74) is 0.995. The van der Waals surface area contributed by atoms with Gasteiger partial charge in [0.2, 0.25) is 0 Å². The maximum absolute atomic E-state index is 8.77. The molecule has 20 heavy (non-hydrogen) atoms. The first-order valence-corrected chi connectivity index (χ1v) is 7.96. The molecule has 0 N–H and O–H groups in total. The molecule has 1 aromatic carbocycles. The third kappa shape index (κ3) is 7.19. The van der Waals surface area contributed by atoms with E-state index in [1.807, 2.05) is 24.3 Å². The molecule has 1 rings (SSSR count). The fourth-order valence-electron chi connectivity index (χ4n) is 2.29. The summed E-state index contributed by atoms with van der Waals surface area (Å²) in [6, 6.07) is 10.0. The molecule has 2 nitrogen and oxygen atoms in total. The summed E-state index contributed by atoms with van der Waals surface area (Å²) in [6.07, 6.45) is 10.9. The first kappa shape index (κ1) is 16.6. The Balaban J connectivity index is 2.08. The molecule has 0 bridgehead atoms. The van der Waals surface area contributed by atoms with Crippen molar-refractivity contribution >= 4 is 0 Å². The second kappa shape index (κ2) is 11.3. The van der Waals surface area contributed by atoms with Crippen molar-refractivity contribution in [3.8, 4) is 11.8 Å². The fourth-order valence-corrected chi connectivity index (χ4v) is 2.29. The Kier molecular flexibility index (Phi) is 9.40. The van der Waals surface area contributed by atoms with Gasteiger partial charge in [0.05, 0.1) is 19.1 Å². The van der Waals surface area contributed by atoms with Crippen molar-refractivity contribution in [3.05, 3.63) is 29.8 Å². The van der Waals surface area contributed by atoms with Crippen LogP contribution in [-0.2, 0) is 6.42 Å². The number of unbranched alkanes of at least 4 members (excludes halogenated alkanes) is 7. The summed E-state index contributed by atoms with van der Waals surface area (Å²) in [6.45, 7) is 3.01. The Morgan fingerprint density at radius 3 is 2.30 bits per heavy atom. The number of rotatable bonds is 11. The van der Waals surface area contributed by atoms with Gasteiger partial charge in [-0.05, 0) is 12.5 Å². The molecule has 0 fully saturated rings. The van der Waals surface area contributed by atoms with Crippen LogP contribution in [0.4, 0.5) is 0 Å². The van der Waals surface area contributed by atoms with Crippen LogP contribution in [0.5, 0.6) is 5.75 Å². The first-order valence-electron chi connectivity index (χ1n) is 7.96. The number of hydrogen-bond donors (Lipinski definition) is 0. The van der Waals surface area contributed by atoms with Gasteiger partial charge in [-0.1, -0.05) is 70.1 Å². The molecule has 0 spiro atoms. The van der Waals surface area contributed by atoms with Crippen molar-refractivity contribution in [2.45, 2.75) is 64.7 Å². The summed E-state index contributed by atoms with van der Waals surface area (Å²) >= 11 is 0. The normalized spacial score (nSPS) is 10.2. The van der Waals surface area contributed by atoms with Crippen molar-refractivity contribution in [2.75, 3.05) is 6.61 Å². The quantitative estimate of drug-likeness (QED) is 0.514. The molecular weight excluding hydrogens is 246 g/mol. The maximum atomic E-state index is 8.77. The molecule has 110 valence electrons. The van der Waals surface area contributed by atoms with Gasteiger partial charge in [0, 0.05) is 5.56 Å². The number of hydrogen-bond acceptors (Lipinski definition) is 2. The van der Waals surface area contributed by atoms with Crippen LogP contribution in [-0.4, -0.2) is 6.61 Å². The van der Waals surface area contributed by atoms with Gasteiger partial charge in [-0.2, -0.15) is 5.26 Å². The number of para-hydroxylation sites is 1. The van der Waals surface area contributed by atoms with E-state index in [0.29, 0.717) is 6.42 Å². The highest BCUT2D eigenvalue weighted by Crippen LogP contribution is 2.18. The molecule has 0 saturated carbocycles. The highest BCUT2D eigenvalue weighted by atomic mass is 16.5. The largest absolute Gasteiger partial charge is 0.493 e. The zero-order valence-electron chi connectivity index (χ0n) is 12.7. The van der Waals surface area contributed by atoms with Crippen LogP contribution >= 0.6 is 0 Å². The van der Waals surface area contributed by atoms with Crippen LogP contribution in [0.3, 0.4) is 0 Å². The fraction of sp³-hybridized carbons (Fsp3) is 0.611. The van der Waals surface area contributed by atoms with E-state index >= 15 is 0 Å². The second-order valence-corrected chi connectivity index (χ2v) is 5.27. The molecule has 0 aliphatic heterocycles. The van der Waals surface area contributed by atoms with E-state index in [2.05, 4.69) is 13.0 Å². The molecule has 0 atom stereocenters. The summed E-state index contributed by atoms with van der Waals surface area (Å²) in [5.74, 6) is 0.872. The molecule has 0 aromatic heterocycles. The van der Waals surface area contributed by atoms with Crippen molar-refractivity contribution in [1.29, 1.82) is 5.26 Å². The number of ether oxygens (including phenoxy) is 1. The highest BCUT2D eigenvalue weighted by molar-refractivity contribution is 5.35. The Morgan fingerprint density at radius 2 is 1.60 bits per heavy atom. The van der Waals surface area contributed by atoms with Crippen LogP contribution in [0.25, 0.3) is 0 Å². The van der Waals surface area contributed by atoms with E-state index in [4.69, 9.17) is 10.00 Å². The van der Waals surface area contributed by atoms with E-state index < -0.39 is 0 Å². The average molecular weight is 273 g/mol. The van der Waals surface area contributed by atoms with Crippen LogP contribution < -0.4 is 4.74 Å². The van der Waals surface area contributed by atoms with E-state index in [9.17, 15) is 0 Å².